The van der Waals surface area contributed by atoms with Crippen LogP contribution in [-0.2, 0) is 0 Å². The fraction of sp³-hybridized carbons (Fsp3) is 0.0303. The topological polar surface area (TPSA) is 0 Å². The maximum atomic E-state index is 3.53. The molecule has 0 unspecified atom stereocenters. The highest BCUT2D eigenvalue weighted by Gasteiger charge is 2.09. The van der Waals surface area contributed by atoms with Crippen LogP contribution in [0.15, 0.2) is 126 Å². The minimum atomic E-state index is 1.09. The van der Waals surface area contributed by atoms with Gasteiger partial charge in [0.2, 0.25) is 0 Å². The Morgan fingerprint density at radius 2 is 1.15 bits per heavy atom. The monoisotopic (exact) mass is 500 g/mol. The predicted octanol–water partition coefficient (Wildman–Crippen LogP) is 9.93. The van der Waals surface area contributed by atoms with Crippen molar-refractivity contribution < 1.29 is 0 Å². The molecule has 0 nitrogen and oxygen atoms in total. The second-order valence-corrected chi connectivity index (χ2v) is 9.36. The maximum absolute atomic E-state index is 3.53. The first kappa shape index (κ1) is 22.1. The lowest BCUT2D eigenvalue weighted by atomic mass is 9.91. The Kier molecular flexibility index (Phi) is 6.56. The largest absolute Gasteiger partial charge is 0.0622 e. The first-order valence-electron chi connectivity index (χ1n) is 11.5. The van der Waals surface area contributed by atoms with Crippen LogP contribution in [0.2, 0.25) is 0 Å². The van der Waals surface area contributed by atoms with Crippen LogP contribution in [-0.4, -0.2) is 0 Å². The van der Waals surface area contributed by atoms with Crippen LogP contribution in [0.1, 0.15) is 16.7 Å². The van der Waals surface area contributed by atoms with E-state index in [4.69, 9.17) is 0 Å². The van der Waals surface area contributed by atoms with Crippen molar-refractivity contribution >= 4 is 28.1 Å². The molecule has 34 heavy (non-hydrogen) atoms. The molecule has 0 saturated carbocycles. The molecule has 0 bridgehead atoms. The Morgan fingerprint density at radius 1 is 0.500 bits per heavy atom. The number of hydrogen-bond donors (Lipinski definition) is 0. The van der Waals surface area contributed by atoms with E-state index in [2.05, 4.69) is 156 Å². The van der Waals surface area contributed by atoms with Crippen LogP contribution in [0.5, 0.6) is 0 Å². The van der Waals surface area contributed by atoms with Crippen molar-refractivity contribution in [2.24, 2.45) is 0 Å². The van der Waals surface area contributed by atoms with Crippen LogP contribution in [0.4, 0.5) is 0 Å². The van der Waals surface area contributed by atoms with Gasteiger partial charge in [-0.1, -0.05) is 125 Å². The number of rotatable bonds is 5. The SMILES string of the molecule is Cc1ccccc1-c1ccc(-c2cccc(-c3ccc(Br)cc3)c2)cc1/C=C\c1ccccc1. The standard InChI is InChI=1S/C33H25Br/c1-24-8-5-6-13-32(24)33-21-18-29(23-30(33)15-14-25-9-3-2-4-10-25)28-12-7-11-27(22-28)26-16-19-31(34)20-17-26/h2-23H,1H3/b15-14-. The van der Waals surface area contributed by atoms with Crippen molar-refractivity contribution in [1.82, 2.24) is 0 Å². The van der Waals surface area contributed by atoms with Gasteiger partial charge in [-0.3, -0.25) is 0 Å². The van der Waals surface area contributed by atoms with E-state index in [1.807, 2.05) is 0 Å². The lowest BCUT2D eigenvalue weighted by Crippen LogP contribution is -1.89. The van der Waals surface area contributed by atoms with Gasteiger partial charge in [0.1, 0.15) is 0 Å². The molecule has 0 aliphatic carbocycles. The van der Waals surface area contributed by atoms with Crippen molar-refractivity contribution in [3.8, 4) is 33.4 Å². The van der Waals surface area contributed by atoms with E-state index >= 15 is 0 Å². The van der Waals surface area contributed by atoms with E-state index in [9.17, 15) is 0 Å². The van der Waals surface area contributed by atoms with Crippen LogP contribution >= 0.6 is 15.9 Å². The molecule has 164 valence electrons. The summed E-state index contributed by atoms with van der Waals surface area (Å²) >= 11 is 3.53. The molecule has 0 N–H and O–H groups in total. The van der Waals surface area contributed by atoms with E-state index in [0.29, 0.717) is 0 Å². The lowest BCUT2D eigenvalue weighted by Gasteiger charge is -2.13. The van der Waals surface area contributed by atoms with Crippen LogP contribution in [0.25, 0.3) is 45.5 Å². The van der Waals surface area contributed by atoms with E-state index in [1.54, 1.807) is 0 Å². The summed E-state index contributed by atoms with van der Waals surface area (Å²) in [6.45, 7) is 2.18. The molecule has 5 rings (SSSR count). The smallest absolute Gasteiger partial charge is 0.0175 e. The summed E-state index contributed by atoms with van der Waals surface area (Å²) in [6, 6.07) is 43.1. The van der Waals surface area contributed by atoms with E-state index in [1.165, 1.54) is 50.1 Å². The van der Waals surface area contributed by atoms with Gasteiger partial charge >= 0.3 is 0 Å². The Balaban J connectivity index is 1.59. The molecule has 5 aromatic carbocycles. The minimum Gasteiger partial charge on any atom is -0.0622 e. The molecule has 0 fully saturated rings. The van der Waals surface area contributed by atoms with Crippen molar-refractivity contribution in [3.63, 3.8) is 0 Å². The van der Waals surface area contributed by atoms with Crippen molar-refractivity contribution in [2.45, 2.75) is 6.92 Å². The quantitative estimate of drug-likeness (QED) is 0.210. The van der Waals surface area contributed by atoms with E-state index in [-0.39, 0.29) is 0 Å². The average molecular weight is 501 g/mol. The van der Waals surface area contributed by atoms with Crippen molar-refractivity contribution in [3.05, 3.63) is 142 Å². The maximum Gasteiger partial charge on any atom is 0.0175 e. The van der Waals surface area contributed by atoms with Gasteiger partial charge in [0.25, 0.3) is 0 Å². The molecule has 1 heteroatoms. The van der Waals surface area contributed by atoms with Crippen molar-refractivity contribution in [2.75, 3.05) is 0 Å². The highest BCUT2D eigenvalue weighted by Crippen LogP contribution is 2.33. The number of aryl methyl sites for hydroxylation is 1. The molecule has 0 radical (unpaired) electrons. The number of benzene rings is 5. The zero-order chi connectivity index (χ0) is 23.3. The van der Waals surface area contributed by atoms with Gasteiger partial charge in [-0.05, 0) is 81.3 Å². The zero-order valence-electron chi connectivity index (χ0n) is 19.1. The van der Waals surface area contributed by atoms with Gasteiger partial charge in [0, 0.05) is 4.47 Å². The predicted molar refractivity (Wildman–Crippen MR) is 151 cm³/mol. The summed E-state index contributed by atoms with van der Waals surface area (Å²) in [5, 5.41) is 0. The molecular formula is C33H25Br. The first-order valence-corrected chi connectivity index (χ1v) is 12.3. The third kappa shape index (κ3) is 4.95. The number of halogens is 1. The molecule has 0 heterocycles. The minimum absolute atomic E-state index is 1.09. The van der Waals surface area contributed by atoms with Gasteiger partial charge in [-0.2, -0.15) is 0 Å². The molecule has 5 aromatic rings. The Bertz CT molecular complexity index is 1440. The fourth-order valence-electron chi connectivity index (χ4n) is 4.27. The van der Waals surface area contributed by atoms with E-state index < -0.39 is 0 Å². The molecule has 0 saturated heterocycles. The normalized spacial score (nSPS) is 11.1. The molecule has 0 spiro atoms. The van der Waals surface area contributed by atoms with Gasteiger partial charge in [0.15, 0.2) is 0 Å². The van der Waals surface area contributed by atoms with Crippen molar-refractivity contribution in [1.29, 1.82) is 0 Å². The fourth-order valence-corrected chi connectivity index (χ4v) is 4.54. The summed E-state index contributed by atoms with van der Waals surface area (Å²) in [5.74, 6) is 0. The molecular weight excluding hydrogens is 476 g/mol. The average Bonchev–Trinajstić information content (AvgIpc) is 2.89. The number of hydrogen-bond acceptors (Lipinski definition) is 0. The summed E-state index contributed by atoms with van der Waals surface area (Å²) < 4.78 is 1.09. The third-order valence-corrected chi connectivity index (χ3v) is 6.64. The summed E-state index contributed by atoms with van der Waals surface area (Å²) in [7, 11) is 0. The molecule has 0 amide bonds. The molecule has 0 aliphatic heterocycles. The first-order chi connectivity index (χ1) is 16.7. The second-order valence-electron chi connectivity index (χ2n) is 8.45. The van der Waals surface area contributed by atoms with Crippen LogP contribution < -0.4 is 0 Å². The highest BCUT2D eigenvalue weighted by molar-refractivity contribution is 9.10. The zero-order valence-corrected chi connectivity index (χ0v) is 20.7. The molecule has 0 atom stereocenters. The second kappa shape index (κ2) is 10.1. The third-order valence-electron chi connectivity index (χ3n) is 6.12. The van der Waals surface area contributed by atoms with Gasteiger partial charge < -0.3 is 0 Å². The Labute approximate surface area is 210 Å². The summed E-state index contributed by atoms with van der Waals surface area (Å²) in [5.41, 5.74) is 11.1. The lowest BCUT2D eigenvalue weighted by molar-refractivity contribution is 1.45. The Hall–Kier alpha value is -3.68. The van der Waals surface area contributed by atoms with Crippen LogP contribution in [0.3, 0.4) is 0 Å². The molecule has 0 aliphatic rings. The van der Waals surface area contributed by atoms with Gasteiger partial charge in [-0.15, -0.1) is 0 Å². The van der Waals surface area contributed by atoms with Crippen LogP contribution in [0, 0.1) is 6.92 Å². The van der Waals surface area contributed by atoms with E-state index in [0.717, 1.165) is 4.47 Å². The van der Waals surface area contributed by atoms with Gasteiger partial charge in [-0.25, -0.2) is 0 Å². The summed E-state index contributed by atoms with van der Waals surface area (Å²) in [6.07, 6.45) is 4.43. The molecule has 0 aromatic heterocycles. The van der Waals surface area contributed by atoms with Gasteiger partial charge in [0.05, 0.1) is 0 Å². The Morgan fingerprint density at radius 3 is 1.91 bits per heavy atom. The highest BCUT2D eigenvalue weighted by atomic mass is 79.9. The summed E-state index contributed by atoms with van der Waals surface area (Å²) in [4.78, 5) is 0.